The molecule has 2 rings (SSSR count). The molecule has 1 aromatic rings. The third-order valence-corrected chi connectivity index (χ3v) is 4.02. The number of hydrogen-bond acceptors (Lipinski definition) is 3. The molecule has 0 saturated heterocycles. The molecular weight excluding hydrogens is 266 g/mol. The van der Waals surface area contributed by atoms with Gasteiger partial charge in [0.15, 0.2) is 0 Å². The Morgan fingerprint density at radius 1 is 1.24 bits per heavy atom. The summed E-state index contributed by atoms with van der Waals surface area (Å²) in [4.78, 5) is 16.7. The smallest absolute Gasteiger partial charge is 0.306 e. The van der Waals surface area contributed by atoms with Gasteiger partial charge in [0.2, 0.25) is 0 Å². The number of oxime groups is 1. The topological polar surface area (TPSA) is 58.9 Å². The van der Waals surface area contributed by atoms with Gasteiger partial charge in [0.05, 0.1) is 11.6 Å². The first kappa shape index (κ1) is 15.5. The lowest BCUT2D eigenvalue weighted by molar-refractivity contribution is -0.142. The molecule has 1 N–H and O–H groups in total. The minimum absolute atomic E-state index is 0.0413. The fraction of sp³-hybridized carbons (Fsp3) is 0.529. The average molecular weight is 289 g/mol. The minimum atomic E-state index is -0.683. The van der Waals surface area contributed by atoms with Gasteiger partial charge in [-0.25, -0.2) is 0 Å². The molecule has 114 valence electrons. The third kappa shape index (κ3) is 4.59. The summed E-state index contributed by atoms with van der Waals surface area (Å²) in [6.07, 6.45) is 4.84. The molecule has 0 aliphatic heterocycles. The molecule has 0 radical (unpaired) electrons. The molecule has 0 amide bonds. The number of hydrogen-bond donors (Lipinski definition) is 1. The molecule has 21 heavy (non-hydrogen) atoms. The number of benzene rings is 1. The maximum Gasteiger partial charge on any atom is 0.306 e. The van der Waals surface area contributed by atoms with Crippen molar-refractivity contribution in [2.24, 2.45) is 11.1 Å². The van der Waals surface area contributed by atoms with Crippen LogP contribution in [0.3, 0.4) is 0 Å². The Morgan fingerprint density at radius 3 is 2.67 bits per heavy atom. The van der Waals surface area contributed by atoms with Crippen molar-refractivity contribution in [3.05, 3.63) is 35.9 Å². The second-order valence-electron chi connectivity index (χ2n) is 5.53. The van der Waals surface area contributed by atoms with Gasteiger partial charge in [-0.05, 0) is 44.1 Å². The van der Waals surface area contributed by atoms with Crippen LogP contribution in [0.15, 0.2) is 35.5 Å². The van der Waals surface area contributed by atoms with Crippen molar-refractivity contribution in [3.8, 4) is 0 Å². The zero-order valence-electron chi connectivity index (χ0n) is 12.5. The van der Waals surface area contributed by atoms with Crippen molar-refractivity contribution in [2.75, 3.05) is 0 Å². The maximum absolute atomic E-state index is 11.0. The second-order valence-corrected chi connectivity index (χ2v) is 5.53. The third-order valence-electron chi connectivity index (χ3n) is 4.02. The highest BCUT2D eigenvalue weighted by Crippen LogP contribution is 2.25. The van der Waals surface area contributed by atoms with Crippen LogP contribution in [0, 0.1) is 5.92 Å². The van der Waals surface area contributed by atoms with Gasteiger partial charge in [0, 0.05) is 0 Å². The van der Waals surface area contributed by atoms with Gasteiger partial charge in [-0.1, -0.05) is 42.4 Å². The number of rotatable bonds is 5. The Bertz CT molecular complexity index is 484. The molecule has 1 aliphatic carbocycles. The number of carboxylic acids is 1. The number of carbonyl (C=O) groups is 1. The molecule has 4 nitrogen and oxygen atoms in total. The predicted molar refractivity (Wildman–Crippen MR) is 82.4 cm³/mol. The van der Waals surface area contributed by atoms with Crippen molar-refractivity contribution in [2.45, 2.75) is 51.6 Å². The SMILES string of the molecule is CC/C(=N\OC1CCCC(C(=O)O)CC1)c1ccccc1. The lowest BCUT2D eigenvalue weighted by Gasteiger charge is -2.13. The zero-order chi connectivity index (χ0) is 15.1. The van der Waals surface area contributed by atoms with Crippen LogP contribution in [0.25, 0.3) is 0 Å². The first-order valence-corrected chi connectivity index (χ1v) is 7.71. The normalized spacial score (nSPS) is 23.4. The van der Waals surface area contributed by atoms with E-state index in [1.54, 1.807) is 0 Å². The van der Waals surface area contributed by atoms with Crippen molar-refractivity contribution in [1.29, 1.82) is 0 Å². The average Bonchev–Trinajstić information content (AvgIpc) is 2.75. The van der Waals surface area contributed by atoms with Crippen LogP contribution in [0.4, 0.5) is 0 Å². The highest BCUT2D eigenvalue weighted by atomic mass is 16.6. The van der Waals surface area contributed by atoms with Crippen LogP contribution >= 0.6 is 0 Å². The number of carboxylic acid groups (broad SMARTS) is 1. The monoisotopic (exact) mass is 289 g/mol. The van der Waals surface area contributed by atoms with Crippen LogP contribution in [-0.2, 0) is 9.63 Å². The van der Waals surface area contributed by atoms with Crippen molar-refractivity contribution in [1.82, 2.24) is 0 Å². The van der Waals surface area contributed by atoms with Gasteiger partial charge in [-0.2, -0.15) is 0 Å². The minimum Gasteiger partial charge on any atom is -0.481 e. The Balaban J connectivity index is 1.94. The van der Waals surface area contributed by atoms with Crippen LogP contribution in [-0.4, -0.2) is 22.9 Å². The highest BCUT2D eigenvalue weighted by Gasteiger charge is 2.24. The summed E-state index contributed by atoms with van der Waals surface area (Å²) in [7, 11) is 0. The van der Waals surface area contributed by atoms with E-state index in [0.29, 0.717) is 6.42 Å². The molecular formula is C17H23NO3. The van der Waals surface area contributed by atoms with Crippen LogP contribution in [0.2, 0.25) is 0 Å². The summed E-state index contributed by atoms with van der Waals surface area (Å²) >= 11 is 0. The predicted octanol–water partition coefficient (Wildman–Crippen LogP) is 3.85. The number of nitrogens with zero attached hydrogens (tertiary/aromatic N) is 1. The summed E-state index contributed by atoms with van der Waals surface area (Å²) in [6.45, 7) is 2.06. The maximum atomic E-state index is 11.0. The Hall–Kier alpha value is -1.84. The quantitative estimate of drug-likeness (QED) is 0.509. The van der Waals surface area contributed by atoms with Gasteiger partial charge in [-0.3, -0.25) is 4.79 Å². The Kier molecular flexibility index (Phi) is 5.78. The van der Waals surface area contributed by atoms with E-state index in [0.717, 1.165) is 43.4 Å². The van der Waals surface area contributed by atoms with E-state index in [2.05, 4.69) is 12.1 Å². The molecule has 0 heterocycles. The van der Waals surface area contributed by atoms with Crippen molar-refractivity contribution in [3.63, 3.8) is 0 Å². The molecule has 4 heteroatoms. The van der Waals surface area contributed by atoms with E-state index < -0.39 is 5.97 Å². The molecule has 1 saturated carbocycles. The Labute approximate surface area is 125 Å². The summed E-state index contributed by atoms with van der Waals surface area (Å²) in [5, 5.41) is 13.4. The fourth-order valence-corrected chi connectivity index (χ4v) is 2.71. The van der Waals surface area contributed by atoms with Gasteiger partial charge >= 0.3 is 5.97 Å². The molecule has 0 spiro atoms. The van der Waals surface area contributed by atoms with E-state index in [9.17, 15) is 4.79 Å². The van der Waals surface area contributed by atoms with Gasteiger partial charge in [-0.15, -0.1) is 0 Å². The standard InChI is InChI=1S/C17H23NO3/c1-2-16(13-7-4-3-5-8-13)18-21-15-10-6-9-14(11-12-15)17(19)20/h3-5,7-8,14-15H,2,6,9-12H2,1H3,(H,19,20)/b18-16+. The summed E-state index contributed by atoms with van der Waals surface area (Å²) in [5.41, 5.74) is 2.02. The van der Waals surface area contributed by atoms with E-state index in [1.165, 1.54) is 0 Å². The first-order valence-electron chi connectivity index (χ1n) is 7.71. The van der Waals surface area contributed by atoms with Gasteiger partial charge < -0.3 is 9.94 Å². The Morgan fingerprint density at radius 2 is 2.00 bits per heavy atom. The molecule has 0 bridgehead atoms. The van der Waals surface area contributed by atoms with Gasteiger partial charge in [0.1, 0.15) is 6.10 Å². The molecule has 1 fully saturated rings. The molecule has 2 atom stereocenters. The van der Waals surface area contributed by atoms with Crippen molar-refractivity contribution < 1.29 is 14.7 Å². The lowest BCUT2D eigenvalue weighted by Crippen LogP contribution is -2.14. The summed E-state index contributed by atoms with van der Waals surface area (Å²) < 4.78 is 0. The number of aliphatic carboxylic acids is 1. The zero-order valence-corrected chi connectivity index (χ0v) is 12.5. The van der Waals surface area contributed by atoms with E-state index in [1.807, 2.05) is 30.3 Å². The fourth-order valence-electron chi connectivity index (χ4n) is 2.71. The molecule has 2 unspecified atom stereocenters. The van der Waals surface area contributed by atoms with Gasteiger partial charge in [0.25, 0.3) is 0 Å². The first-order chi connectivity index (χ1) is 10.2. The van der Waals surface area contributed by atoms with E-state index in [-0.39, 0.29) is 12.0 Å². The summed E-state index contributed by atoms with van der Waals surface area (Å²) in [5.74, 6) is -0.903. The molecule has 1 aromatic carbocycles. The van der Waals surface area contributed by atoms with Crippen LogP contribution < -0.4 is 0 Å². The van der Waals surface area contributed by atoms with Crippen LogP contribution in [0.1, 0.15) is 51.0 Å². The van der Waals surface area contributed by atoms with Crippen molar-refractivity contribution >= 4 is 11.7 Å². The molecule has 0 aromatic heterocycles. The lowest BCUT2D eigenvalue weighted by atomic mass is 10.0. The largest absolute Gasteiger partial charge is 0.481 e. The summed E-state index contributed by atoms with van der Waals surface area (Å²) in [6, 6.07) is 10.0. The van der Waals surface area contributed by atoms with Crippen LogP contribution in [0.5, 0.6) is 0 Å². The van der Waals surface area contributed by atoms with E-state index in [4.69, 9.17) is 9.94 Å². The second kappa shape index (κ2) is 7.81. The van der Waals surface area contributed by atoms with E-state index >= 15 is 0 Å². The molecule has 1 aliphatic rings. The highest BCUT2D eigenvalue weighted by molar-refractivity contribution is 5.99.